The number of amides is 1. The smallest absolute Gasteiger partial charge is 0.257 e. The second-order valence-corrected chi connectivity index (χ2v) is 7.82. The molecule has 0 spiro atoms. The van der Waals surface area contributed by atoms with Gasteiger partial charge in [-0.15, -0.1) is 11.3 Å². The SMILES string of the molecule is O=C(CN1CCCCC1)N1N=C(c2cccs2)C[C@H]1c1ccc(F)cc1. The van der Waals surface area contributed by atoms with Crippen molar-refractivity contribution in [2.24, 2.45) is 5.10 Å². The van der Waals surface area contributed by atoms with Gasteiger partial charge in [-0.1, -0.05) is 24.6 Å². The average molecular weight is 371 g/mol. The maximum atomic E-state index is 13.3. The normalized spacial score (nSPS) is 21.0. The van der Waals surface area contributed by atoms with Crippen molar-refractivity contribution in [3.05, 3.63) is 58.0 Å². The number of piperidine rings is 1. The summed E-state index contributed by atoms with van der Waals surface area (Å²) in [6.07, 6.45) is 4.21. The van der Waals surface area contributed by atoms with E-state index < -0.39 is 0 Å². The molecule has 0 unspecified atom stereocenters. The van der Waals surface area contributed by atoms with Gasteiger partial charge in [0, 0.05) is 6.42 Å². The fraction of sp³-hybridized carbons (Fsp3) is 0.400. The molecule has 2 aliphatic rings. The first-order chi connectivity index (χ1) is 12.7. The number of halogens is 1. The molecule has 3 heterocycles. The molecule has 2 aromatic rings. The van der Waals surface area contributed by atoms with E-state index in [1.807, 2.05) is 17.5 Å². The van der Waals surface area contributed by atoms with Crippen LogP contribution in [0, 0.1) is 5.82 Å². The average Bonchev–Trinajstić information content (AvgIpc) is 3.33. The number of hydrogen-bond acceptors (Lipinski definition) is 4. The van der Waals surface area contributed by atoms with E-state index >= 15 is 0 Å². The van der Waals surface area contributed by atoms with E-state index in [4.69, 9.17) is 0 Å². The lowest BCUT2D eigenvalue weighted by Crippen LogP contribution is -2.40. The number of thiophene rings is 1. The lowest BCUT2D eigenvalue weighted by molar-refractivity contribution is -0.134. The quantitative estimate of drug-likeness (QED) is 0.813. The fourth-order valence-corrected chi connectivity index (χ4v) is 4.38. The zero-order valence-corrected chi connectivity index (χ0v) is 15.4. The van der Waals surface area contributed by atoms with Crippen LogP contribution in [-0.4, -0.2) is 41.2 Å². The van der Waals surface area contributed by atoms with E-state index in [0.29, 0.717) is 13.0 Å². The lowest BCUT2D eigenvalue weighted by Gasteiger charge is -2.29. The third-order valence-electron chi connectivity index (χ3n) is 5.03. The van der Waals surface area contributed by atoms with E-state index in [2.05, 4.69) is 10.0 Å². The Balaban J connectivity index is 1.57. The molecular formula is C20H22FN3OS. The van der Waals surface area contributed by atoms with Crippen molar-refractivity contribution in [1.82, 2.24) is 9.91 Å². The summed E-state index contributed by atoms with van der Waals surface area (Å²) in [5.74, 6) is -0.245. The molecule has 26 heavy (non-hydrogen) atoms. The van der Waals surface area contributed by atoms with Gasteiger partial charge >= 0.3 is 0 Å². The summed E-state index contributed by atoms with van der Waals surface area (Å²) in [6, 6.07) is 10.3. The first-order valence-electron chi connectivity index (χ1n) is 9.12. The monoisotopic (exact) mass is 371 g/mol. The molecule has 0 radical (unpaired) electrons. The van der Waals surface area contributed by atoms with Gasteiger partial charge in [-0.2, -0.15) is 5.10 Å². The number of benzene rings is 1. The van der Waals surface area contributed by atoms with Crippen LogP contribution in [-0.2, 0) is 4.79 Å². The highest BCUT2D eigenvalue weighted by atomic mass is 32.1. The topological polar surface area (TPSA) is 35.9 Å². The largest absolute Gasteiger partial charge is 0.294 e. The summed E-state index contributed by atoms with van der Waals surface area (Å²) < 4.78 is 13.3. The van der Waals surface area contributed by atoms with Crippen molar-refractivity contribution in [3.63, 3.8) is 0 Å². The number of hydrazone groups is 1. The van der Waals surface area contributed by atoms with Crippen LogP contribution in [0.4, 0.5) is 4.39 Å². The van der Waals surface area contributed by atoms with Gasteiger partial charge in [0.15, 0.2) is 0 Å². The van der Waals surface area contributed by atoms with Gasteiger partial charge in [0.2, 0.25) is 0 Å². The molecule has 1 aromatic heterocycles. The van der Waals surface area contributed by atoms with Crippen molar-refractivity contribution in [2.75, 3.05) is 19.6 Å². The van der Waals surface area contributed by atoms with Crippen LogP contribution in [0.15, 0.2) is 46.9 Å². The molecule has 0 aliphatic carbocycles. The minimum absolute atomic E-state index is 0.0211. The molecule has 0 bridgehead atoms. The van der Waals surface area contributed by atoms with Gasteiger partial charge in [-0.05, 0) is 55.1 Å². The van der Waals surface area contributed by atoms with Crippen LogP contribution in [0.2, 0.25) is 0 Å². The minimum atomic E-state index is -0.266. The van der Waals surface area contributed by atoms with E-state index in [9.17, 15) is 9.18 Å². The number of carbonyl (C=O) groups is 1. The van der Waals surface area contributed by atoms with Crippen LogP contribution in [0.1, 0.15) is 42.2 Å². The lowest BCUT2D eigenvalue weighted by atomic mass is 10.0. The predicted molar refractivity (Wildman–Crippen MR) is 102 cm³/mol. The maximum Gasteiger partial charge on any atom is 0.257 e. The zero-order valence-electron chi connectivity index (χ0n) is 14.6. The summed E-state index contributed by atoms with van der Waals surface area (Å²) in [6.45, 7) is 2.35. The van der Waals surface area contributed by atoms with Crippen molar-refractivity contribution in [2.45, 2.75) is 31.7 Å². The molecular weight excluding hydrogens is 349 g/mol. The Labute approximate surface area is 156 Å². The molecule has 0 N–H and O–H groups in total. The number of nitrogens with zero attached hydrogens (tertiary/aromatic N) is 3. The van der Waals surface area contributed by atoms with Crippen molar-refractivity contribution >= 4 is 23.0 Å². The molecule has 2 aliphatic heterocycles. The van der Waals surface area contributed by atoms with Gasteiger partial charge < -0.3 is 0 Å². The third kappa shape index (κ3) is 3.71. The van der Waals surface area contributed by atoms with Crippen molar-refractivity contribution in [3.8, 4) is 0 Å². The standard InChI is InChI=1S/C20H22FN3OS/c21-16-8-6-15(7-9-16)18-13-17(19-5-4-12-26-19)22-24(18)20(25)14-23-10-2-1-3-11-23/h4-9,12,18H,1-3,10-11,13-14H2/t18-/m0/s1. The summed E-state index contributed by atoms with van der Waals surface area (Å²) in [4.78, 5) is 16.3. The molecule has 136 valence electrons. The second kappa shape index (κ2) is 7.68. The van der Waals surface area contributed by atoms with Gasteiger partial charge in [0.25, 0.3) is 5.91 Å². The van der Waals surface area contributed by atoms with Crippen molar-refractivity contribution < 1.29 is 9.18 Å². The Kier molecular flexibility index (Phi) is 5.13. The van der Waals surface area contributed by atoms with E-state index in [-0.39, 0.29) is 17.8 Å². The predicted octanol–water partition coefficient (Wildman–Crippen LogP) is 4.05. The minimum Gasteiger partial charge on any atom is -0.294 e. The summed E-state index contributed by atoms with van der Waals surface area (Å²) >= 11 is 1.63. The number of carbonyl (C=O) groups excluding carboxylic acids is 1. The van der Waals surface area contributed by atoms with Gasteiger partial charge in [-0.25, -0.2) is 9.40 Å². The second-order valence-electron chi connectivity index (χ2n) is 6.87. The molecule has 1 atom stereocenters. The molecule has 4 nitrogen and oxygen atoms in total. The Morgan fingerprint density at radius 2 is 1.92 bits per heavy atom. The number of hydrogen-bond donors (Lipinski definition) is 0. The fourth-order valence-electron chi connectivity index (χ4n) is 3.66. The number of rotatable bonds is 4. The molecule has 6 heteroatoms. The maximum absolute atomic E-state index is 13.3. The highest BCUT2D eigenvalue weighted by Gasteiger charge is 2.34. The highest BCUT2D eigenvalue weighted by molar-refractivity contribution is 7.12. The summed E-state index contributed by atoms with van der Waals surface area (Å²) in [5.41, 5.74) is 1.86. The van der Waals surface area contributed by atoms with Gasteiger partial charge in [-0.3, -0.25) is 9.69 Å². The van der Waals surface area contributed by atoms with Crippen LogP contribution in [0.5, 0.6) is 0 Å². The molecule has 1 amide bonds. The molecule has 1 saturated heterocycles. The van der Waals surface area contributed by atoms with Crippen LogP contribution in [0.25, 0.3) is 0 Å². The molecule has 4 rings (SSSR count). The third-order valence-corrected chi connectivity index (χ3v) is 5.95. The first kappa shape index (κ1) is 17.4. The van der Waals surface area contributed by atoms with Crippen molar-refractivity contribution in [1.29, 1.82) is 0 Å². The molecule has 1 aromatic carbocycles. The first-order valence-corrected chi connectivity index (χ1v) is 10.00. The van der Waals surface area contributed by atoms with E-state index in [0.717, 1.165) is 42.1 Å². The van der Waals surface area contributed by atoms with Crippen LogP contribution < -0.4 is 0 Å². The van der Waals surface area contributed by atoms with Gasteiger partial charge in [0.05, 0.1) is 23.2 Å². The van der Waals surface area contributed by atoms with Crippen LogP contribution >= 0.6 is 11.3 Å². The summed E-state index contributed by atoms with van der Waals surface area (Å²) in [5, 5.41) is 8.31. The van der Waals surface area contributed by atoms with Crippen LogP contribution in [0.3, 0.4) is 0 Å². The Bertz CT molecular complexity index is 782. The summed E-state index contributed by atoms with van der Waals surface area (Å²) in [7, 11) is 0. The zero-order chi connectivity index (χ0) is 17.9. The Morgan fingerprint density at radius 1 is 1.15 bits per heavy atom. The van der Waals surface area contributed by atoms with E-state index in [1.54, 1.807) is 28.5 Å². The Morgan fingerprint density at radius 3 is 2.62 bits per heavy atom. The van der Waals surface area contributed by atoms with Gasteiger partial charge in [0.1, 0.15) is 5.82 Å². The number of likely N-dealkylation sites (tertiary alicyclic amines) is 1. The molecule has 0 saturated carbocycles. The molecule has 1 fully saturated rings. The Hall–Kier alpha value is -2.05. The van der Waals surface area contributed by atoms with E-state index in [1.165, 1.54) is 18.6 Å². The highest BCUT2D eigenvalue weighted by Crippen LogP contribution is 2.34.